The van der Waals surface area contributed by atoms with Crippen LogP contribution in [0.1, 0.15) is 32.1 Å². The minimum atomic E-state index is -0.358. The maximum atomic E-state index is 9.65. The zero-order chi connectivity index (χ0) is 13.0. The molecule has 1 fully saturated rings. The molecule has 0 atom stereocenters. The van der Waals surface area contributed by atoms with Gasteiger partial charge in [-0.2, -0.15) is 0 Å². The molecule has 1 aromatic carbocycles. The van der Waals surface area contributed by atoms with Crippen LogP contribution in [0.25, 0.3) is 0 Å². The van der Waals surface area contributed by atoms with Crippen LogP contribution in [-0.2, 0) is 0 Å². The third-order valence-electron chi connectivity index (χ3n) is 3.72. The number of aliphatic hydroxyl groups is 1. The first-order valence-electron chi connectivity index (χ1n) is 6.72. The number of ether oxygens (including phenoxy) is 1. The second kappa shape index (κ2) is 5.61. The Morgan fingerprint density at radius 3 is 2.56 bits per heavy atom. The molecule has 0 radical (unpaired) electrons. The molecule has 0 bridgehead atoms. The van der Waals surface area contributed by atoms with E-state index in [0.29, 0.717) is 0 Å². The molecule has 0 heterocycles. The number of hydrogen-bond acceptors (Lipinski definition) is 3. The molecule has 3 nitrogen and oxygen atoms in total. The summed E-state index contributed by atoms with van der Waals surface area (Å²) in [5.41, 5.74) is 0.764. The first kappa shape index (κ1) is 13.2. The summed E-state index contributed by atoms with van der Waals surface area (Å²) in [4.78, 5) is 2.05. The van der Waals surface area contributed by atoms with E-state index in [4.69, 9.17) is 4.74 Å². The first-order valence-corrected chi connectivity index (χ1v) is 6.72. The third-order valence-corrected chi connectivity index (χ3v) is 3.72. The molecule has 3 heteroatoms. The Hall–Kier alpha value is -1.22. The molecule has 0 amide bonds. The van der Waals surface area contributed by atoms with Gasteiger partial charge in [0.2, 0.25) is 0 Å². The van der Waals surface area contributed by atoms with Crippen LogP contribution in [0.4, 0.5) is 5.69 Å². The second-order valence-electron chi connectivity index (χ2n) is 5.40. The van der Waals surface area contributed by atoms with E-state index in [1.807, 2.05) is 32.3 Å². The molecule has 1 aliphatic rings. The molecule has 0 saturated heterocycles. The van der Waals surface area contributed by atoms with Crippen LogP contribution in [-0.4, -0.2) is 31.4 Å². The predicted octanol–water partition coefficient (Wildman–Crippen LogP) is 2.83. The fourth-order valence-electron chi connectivity index (χ4n) is 2.56. The Bertz CT molecular complexity index is 384. The number of anilines is 1. The van der Waals surface area contributed by atoms with Crippen molar-refractivity contribution in [3.63, 3.8) is 0 Å². The number of aliphatic hydroxyl groups excluding tert-OH is 1. The Morgan fingerprint density at radius 1 is 1.22 bits per heavy atom. The van der Waals surface area contributed by atoms with Crippen LogP contribution >= 0.6 is 0 Å². The van der Waals surface area contributed by atoms with Crippen molar-refractivity contribution in [2.75, 3.05) is 25.6 Å². The summed E-state index contributed by atoms with van der Waals surface area (Å²) in [5, 5.41) is 9.65. The van der Waals surface area contributed by atoms with Crippen molar-refractivity contribution in [1.29, 1.82) is 0 Å². The maximum absolute atomic E-state index is 9.65. The Labute approximate surface area is 109 Å². The van der Waals surface area contributed by atoms with Crippen molar-refractivity contribution in [3.05, 3.63) is 24.3 Å². The van der Waals surface area contributed by atoms with E-state index in [1.54, 1.807) is 0 Å². The van der Waals surface area contributed by atoms with Crippen LogP contribution in [0.5, 0.6) is 5.75 Å². The minimum Gasteiger partial charge on any atom is -0.485 e. The number of nitrogens with zero attached hydrogens (tertiary/aromatic N) is 1. The van der Waals surface area contributed by atoms with Gasteiger partial charge in [0, 0.05) is 25.8 Å². The van der Waals surface area contributed by atoms with E-state index < -0.39 is 0 Å². The van der Waals surface area contributed by atoms with Gasteiger partial charge < -0.3 is 14.7 Å². The number of hydrogen-bond donors (Lipinski definition) is 1. The molecule has 100 valence electrons. The van der Waals surface area contributed by atoms with Crippen LogP contribution < -0.4 is 9.64 Å². The number of rotatable bonds is 4. The highest BCUT2D eigenvalue weighted by atomic mass is 16.5. The smallest absolute Gasteiger partial charge is 0.132 e. The van der Waals surface area contributed by atoms with Gasteiger partial charge >= 0.3 is 0 Å². The Balaban J connectivity index is 2.13. The van der Waals surface area contributed by atoms with Gasteiger partial charge in [0.25, 0.3) is 0 Å². The molecule has 1 N–H and O–H groups in total. The topological polar surface area (TPSA) is 32.7 Å². The molecule has 1 aromatic rings. The molecule has 0 aliphatic heterocycles. The monoisotopic (exact) mass is 249 g/mol. The van der Waals surface area contributed by atoms with Crippen molar-refractivity contribution in [2.24, 2.45) is 0 Å². The van der Waals surface area contributed by atoms with Crippen LogP contribution in [0, 0.1) is 0 Å². The fourth-order valence-corrected chi connectivity index (χ4v) is 2.56. The molecular formula is C15H23NO2. The lowest BCUT2D eigenvalue weighted by atomic mass is 9.85. The molecule has 0 spiro atoms. The van der Waals surface area contributed by atoms with Gasteiger partial charge in [-0.3, -0.25) is 0 Å². The average molecular weight is 249 g/mol. The zero-order valence-electron chi connectivity index (χ0n) is 11.4. The molecule has 0 unspecified atom stereocenters. The molecule has 18 heavy (non-hydrogen) atoms. The normalized spacial score (nSPS) is 18.4. The molecule has 2 rings (SSSR count). The number of benzene rings is 1. The van der Waals surface area contributed by atoms with E-state index >= 15 is 0 Å². The SMILES string of the molecule is CN(C)c1cccc(OC2(CO)CCCCC2)c1. The summed E-state index contributed by atoms with van der Waals surface area (Å²) in [6, 6.07) is 8.06. The quantitative estimate of drug-likeness (QED) is 0.890. The third kappa shape index (κ3) is 2.96. The lowest BCUT2D eigenvalue weighted by molar-refractivity contribution is -0.0197. The van der Waals surface area contributed by atoms with Gasteiger partial charge in [-0.1, -0.05) is 12.5 Å². The second-order valence-corrected chi connectivity index (χ2v) is 5.40. The molecule has 1 saturated carbocycles. The van der Waals surface area contributed by atoms with Gasteiger partial charge in [0.15, 0.2) is 0 Å². The van der Waals surface area contributed by atoms with E-state index in [2.05, 4.69) is 11.0 Å². The standard InChI is InChI=1S/C15H23NO2/c1-16(2)13-7-6-8-14(11-13)18-15(12-17)9-4-3-5-10-15/h6-8,11,17H,3-5,9-10,12H2,1-2H3. The van der Waals surface area contributed by atoms with Crippen molar-refractivity contribution < 1.29 is 9.84 Å². The zero-order valence-corrected chi connectivity index (χ0v) is 11.4. The molecule has 0 aromatic heterocycles. The maximum Gasteiger partial charge on any atom is 0.132 e. The van der Waals surface area contributed by atoms with Gasteiger partial charge in [-0.15, -0.1) is 0 Å². The highest BCUT2D eigenvalue weighted by Gasteiger charge is 2.33. The first-order chi connectivity index (χ1) is 8.65. The van der Waals surface area contributed by atoms with Crippen LogP contribution in [0.2, 0.25) is 0 Å². The van der Waals surface area contributed by atoms with Gasteiger partial charge in [-0.25, -0.2) is 0 Å². The van der Waals surface area contributed by atoms with Gasteiger partial charge in [0.05, 0.1) is 6.61 Å². The van der Waals surface area contributed by atoms with E-state index in [-0.39, 0.29) is 12.2 Å². The summed E-state index contributed by atoms with van der Waals surface area (Å²) in [5.74, 6) is 0.858. The Morgan fingerprint density at radius 2 is 1.94 bits per heavy atom. The van der Waals surface area contributed by atoms with Crippen molar-refractivity contribution in [2.45, 2.75) is 37.7 Å². The lowest BCUT2D eigenvalue weighted by Crippen LogP contribution is -2.41. The summed E-state index contributed by atoms with van der Waals surface area (Å²) in [7, 11) is 4.03. The Kier molecular flexibility index (Phi) is 4.12. The lowest BCUT2D eigenvalue weighted by Gasteiger charge is -2.36. The predicted molar refractivity (Wildman–Crippen MR) is 74.3 cm³/mol. The van der Waals surface area contributed by atoms with Gasteiger partial charge in [0.1, 0.15) is 11.4 Å². The van der Waals surface area contributed by atoms with Crippen LogP contribution in [0.3, 0.4) is 0 Å². The summed E-state index contributed by atoms with van der Waals surface area (Å²) < 4.78 is 6.11. The molecular weight excluding hydrogens is 226 g/mol. The summed E-state index contributed by atoms with van der Waals surface area (Å²) in [6.07, 6.45) is 5.45. The highest BCUT2D eigenvalue weighted by Crippen LogP contribution is 2.33. The van der Waals surface area contributed by atoms with E-state index in [0.717, 1.165) is 37.1 Å². The van der Waals surface area contributed by atoms with E-state index in [1.165, 1.54) is 6.42 Å². The largest absolute Gasteiger partial charge is 0.485 e. The van der Waals surface area contributed by atoms with Crippen LogP contribution in [0.15, 0.2) is 24.3 Å². The highest BCUT2D eigenvalue weighted by molar-refractivity contribution is 5.49. The van der Waals surface area contributed by atoms with Crippen molar-refractivity contribution in [1.82, 2.24) is 0 Å². The fraction of sp³-hybridized carbons (Fsp3) is 0.600. The average Bonchev–Trinajstić information content (AvgIpc) is 2.40. The summed E-state index contributed by atoms with van der Waals surface area (Å²) >= 11 is 0. The van der Waals surface area contributed by atoms with Crippen molar-refractivity contribution in [3.8, 4) is 5.75 Å². The van der Waals surface area contributed by atoms with E-state index in [9.17, 15) is 5.11 Å². The van der Waals surface area contributed by atoms with Crippen molar-refractivity contribution >= 4 is 5.69 Å². The summed E-state index contributed by atoms with van der Waals surface area (Å²) in [6.45, 7) is 0.110. The molecule has 1 aliphatic carbocycles. The minimum absolute atomic E-state index is 0.110. The van der Waals surface area contributed by atoms with Gasteiger partial charge in [-0.05, 0) is 37.8 Å².